The van der Waals surface area contributed by atoms with Crippen LogP contribution in [-0.4, -0.2) is 44.9 Å². The van der Waals surface area contributed by atoms with E-state index >= 15 is 0 Å². The number of Topliss-reactive ketones (excluding diaryl/α,β-unsaturated/α-hetero) is 1. The number of ketones is 1. The quantitative estimate of drug-likeness (QED) is 0.275. The number of pyridine rings is 1. The molecule has 3 aromatic rings. The number of carbonyl (C=O) groups excluding carboxylic acids is 2. The zero-order valence-electron chi connectivity index (χ0n) is 24.0. The third-order valence-electron chi connectivity index (χ3n) is 9.00. The highest BCUT2D eigenvalue weighted by Gasteiger charge is 2.38. The summed E-state index contributed by atoms with van der Waals surface area (Å²) in [7, 11) is 0. The Morgan fingerprint density at radius 1 is 0.930 bits per heavy atom. The predicted molar refractivity (Wildman–Crippen MR) is 156 cm³/mol. The molecule has 1 atom stereocenters. The lowest BCUT2D eigenvalue weighted by Gasteiger charge is -2.36. The Labute approximate surface area is 249 Å². The van der Waals surface area contributed by atoms with E-state index in [1.54, 1.807) is 11.1 Å². The standard InChI is InChI=1S/C34H37F3N2O4/c35-34(36,37)29-6-2-5-27(19-29)30(41)8-10-32(42)39-16-13-24(21-39)17-23-11-14-33(43,15-12-23)31-9-7-28(20-38-31)26-4-1-3-25(18-26)22-40/h1-7,9,18-20,23-24,40,43H,8,10-17,21-22H2. The molecule has 1 aliphatic heterocycles. The summed E-state index contributed by atoms with van der Waals surface area (Å²) in [5, 5.41) is 20.8. The largest absolute Gasteiger partial charge is 0.416 e. The highest BCUT2D eigenvalue weighted by molar-refractivity contribution is 5.98. The summed E-state index contributed by atoms with van der Waals surface area (Å²) in [6.45, 7) is 1.22. The molecule has 2 N–H and O–H groups in total. The van der Waals surface area contributed by atoms with Crippen LogP contribution in [0, 0.1) is 11.8 Å². The van der Waals surface area contributed by atoms with Gasteiger partial charge in [-0.2, -0.15) is 13.2 Å². The molecular formula is C34H37F3N2O4. The molecule has 9 heteroatoms. The fourth-order valence-electron chi connectivity index (χ4n) is 6.45. The molecule has 1 unspecified atom stereocenters. The van der Waals surface area contributed by atoms with Crippen molar-refractivity contribution >= 4 is 11.7 Å². The summed E-state index contributed by atoms with van der Waals surface area (Å²) in [5.74, 6) is 0.193. The summed E-state index contributed by atoms with van der Waals surface area (Å²) < 4.78 is 38.9. The van der Waals surface area contributed by atoms with Crippen LogP contribution in [-0.2, 0) is 23.2 Å². The van der Waals surface area contributed by atoms with E-state index in [9.17, 15) is 33.0 Å². The first kappa shape index (κ1) is 30.9. The van der Waals surface area contributed by atoms with Crippen LogP contribution in [0.25, 0.3) is 11.1 Å². The molecule has 6 nitrogen and oxygen atoms in total. The smallest absolute Gasteiger partial charge is 0.392 e. The van der Waals surface area contributed by atoms with Crippen LogP contribution in [0.15, 0.2) is 66.9 Å². The second-order valence-corrected chi connectivity index (χ2v) is 12.0. The number of nitrogens with zero attached hydrogens (tertiary/aromatic N) is 2. The van der Waals surface area contributed by atoms with Crippen LogP contribution < -0.4 is 0 Å². The van der Waals surface area contributed by atoms with Crippen molar-refractivity contribution < 1.29 is 33.0 Å². The molecule has 1 saturated heterocycles. The first-order chi connectivity index (χ1) is 20.5. The Morgan fingerprint density at radius 3 is 2.40 bits per heavy atom. The highest BCUT2D eigenvalue weighted by Crippen LogP contribution is 2.42. The number of aliphatic hydroxyl groups excluding tert-OH is 1. The van der Waals surface area contributed by atoms with Crippen LogP contribution in [0.2, 0.25) is 0 Å². The van der Waals surface area contributed by atoms with E-state index in [4.69, 9.17) is 0 Å². The number of aliphatic hydroxyl groups is 2. The van der Waals surface area contributed by atoms with Gasteiger partial charge in [0.1, 0.15) is 5.60 Å². The molecule has 43 heavy (non-hydrogen) atoms. The third kappa shape index (κ3) is 7.51. The molecular weight excluding hydrogens is 557 g/mol. The monoisotopic (exact) mass is 594 g/mol. The van der Waals surface area contributed by atoms with Gasteiger partial charge in [-0.05, 0) is 85.8 Å². The molecule has 228 valence electrons. The molecule has 2 fully saturated rings. The van der Waals surface area contributed by atoms with Gasteiger partial charge in [0.05, 0.1) is 17.9 Å². The van der Waals surface area contributed by atoms with Crippen molar-refractivity contribution in [1.29, 1.82) is 0 Å². The minimum Gasteiger partial charge on any atom is -0.392 e. The van der Waals surface area contributed by atoms with Crippen LogP contribution in [0.5, 0.6) is 0 Å². The van der Waals surface area contributed by atoms with Gasteiger partial charge in [-0.1, -0.05) is 36.4 Å². The van der Waals surface area contributed by atoms with E-state index in [2.05, 4.69) is 4.98 Å². The maximum absolute atomic E-state index is 13.0. The number of hydrogen-bond donors (Lipinski definition) is 2. The average Bonchev–Trinajstić information content (AvgIpc) is 3.49. The molecule has 1 amide bonds. The van der Waals surface area contributed by atoms with Crippen LogP contribution >= 0.6 is 0 Å². The van der Waals surface area contributed by atoms with Gasteiger partial charge in [0, 0.05) is 43.3 Å². The SMILES string of the molecule is O=C(CCC(=O)N1CCC(CC2CCC(O)(c3ccc(-c4cccc(CO)c4)cn3)CC2)C1)c1cccc(C(F)(F)F)c1. The number of hydrogen-bond acceptors (Lipinski definition) is 5. The molecule has 5 rings (SSSR count). The van der Waals surface area contributed by atoms with Gasteiger partial charge in [-0.3, -0.25) is 14.6 Å². The Hall–Kier alpha value is -3.56. The first-order valence-corrected chi connectivity index (χ1v) is 14.9. The van der Waals surface area contributed by atoms with Gasteiger partial charge in [0.2, 0.25) is 5.91 Å². The van der Waals surface area contributed by atoms with E-state index in [1.165, 1.54) is 12.1 Å². The van der Waals surface area contributed by atoms with Crippen molar-refractivity contribution in [2.24, 2.45) is 11.8 Å². The molecule has 1 saturated carbocycles. The summed E-state index contributed by atoms with van der Waals surface area (Å²) in [4.78, 5) is 31.6. The second-order valence-electron chi connectivity index (χ2n) is 12.0. The van der Waals surface area contributed by atoms with E-state index in [0.29, 0.717) is 43.5 Å². The Kier molecular flexibility index (Phi) is 9.32. The molecule has 0 spiro atoms. The lowest BCUT2D eigenvalue weighted by Crippen LogP contribution is -2.33. The molecule has 0 bridgehead atoms. The van der Waals surface area contributed by atoms with Crippen molar-refractivity contribution in [1.82, 2.24) is 9.88 Å². The maximum Gasteiger partial charge on any atom is 0.416 e. The Bertz CT molecular complexity index is 1430. The van der Waals surface area contributed by atoms with Crippen molar-refractivity contribution in [3.8, 4) is 11.1 Å². The van der Waals surface area contributed by atoms with Gasteiger partial charge in [0.25, 0.3) is 0 Å². The molecule has 1 aliphatic carbocycles. The number of rotatable bonds is 9. The Morgan fingerprint density at radius 2 is 1.70 bits per heavy atom. The zero-order chi connectivity index (χ0) is 30.6. The number of likely N-dealkylation sites (tertiary alicyclic amines) is 1. The predicted octanol–water partition coefficient (Wildman–Crippen LogP) is 6.54. The molecule has 2 aromatic carbocycles. The Balaban J connectivity index is 1.07. The first-order valence-electron chi connectivity index (χ1n) is 14.9. The lowest BCUT2D eigenvalue weighted by molar-refractivity contribution is -0.137. The summed E-state index contributed by atoms with van der Waals surface area (Å²) in [5.41, 5.74) is 1.53. The topological polar surface area (TPSA) is 90.7 Å². The lowest BCUT2D eigenvalue weighted by atomic mass is 9.74. The summed E-state index contributed by atoms with van der Waals surface area (Å²) in [6.07, 6.45) is 1.95. The van der Waals surface area contributed by atoms with Crippen molar-refractivity contribution in [2.45, 2.75) is 69.8 Å². The van der Waals surface area contributed by atoms with Crippen LogP contribution in [0.1, 0.15) is 78.5 Å². The number of carbonyl (C=O) groups is 2. The molecule has 1 aromatic heterocycles. The van der Waals surface area contributed by atoms with Crippen molar-refractivity contribution in [2.75, 3.05) is 13.1 Å². The van der Waals surface area contributed by atoms with Gasteiger partial charge < -0.3 is 15.1 Å². The number of aromatic nitrogens is 1. The second kappa shape index (κ2) is 13.0. The minimum absolute atomic E-state index is 0.0169. The minimum atomic E-state index is -4.52. The maximum atomic E-state index is 13.0. The molecule has 2 aliphatic rings. The number of alkyl halides is 3. The van der Waals surface area contributed by atoms with Gasteiger partial charge in [-0.25, -0.2) is 0 Å². The number of amides is 1. The van der Waals surface area contributed by atoms with Crippen LogP contribution in [0.3, 0.4) is 0 Å². The highest BCUT2D eigenvalue weighted by atomic mass is 19.4. The normalized spacial score (nSPS) is 22.5. The molecule has 2 heterocycles. The summed E-state index contributed by atoms with van der Waals surface area (Å²) >= 11 is 0. The van der Waals surface area contributed by atoms with Gasteiger partial charge >= 0.3 is 6.18 Å². The summed E-state index contributed by atoms with van der Waals surface area (Å²) in [6, 6.07) is 15.8. The van der Waals surface area contributed by atoms with E-state index < -0.39 is 23.1 Å². The van der Waals surface area contributed by atoms with E-state index in [-0.39, 0.29) is 30.9 Å². The van der Waals surface area contributed by atoms with E-state index in [0.717, 1.165) is 54.5 Å². The fraction of sp³-hybridized carbons (Fsp3) is 0.441. The fourth-order valence-corrected chi connectivity index (χ4v) is 6.45. The average molecular weight is 595 g/mol. The van der Waals surface area contributed by atoms with Crippen molar-refractivity contribution in [3.05, 3.63) is 89.2 Å². The third-order valence-corrected chi connectivity index (χ3v) is 9.00. The van der Waals surface area contributed by atoms with Gasteiger partial charge in [0.15, 0.2) is 5.78 Å². The zero-order valence-corrected chi connectivity index (χ0v) is 24.0. The van der Waals surface area contributed by atoms with Gasteiger partial charge in [-0.15, -0.1) is 0 Å². The number of benzene rings is 2. The molecule has 0 radical (unpaired) electrons. The van der Waals surface area contributed by atoms with Crippen molar-refractivity contribution in [3.63, 3.8) is 0 Å². The van der Waals surface area contributed by atoms with E-state index in [1.807, 2.05) is 36.4 Å². The number of halogens is 3. The van der Waals surface area contributed by atoms with Crippen LogP contribution in [0.4, 0.5) is 13.2 Å².